The zero-order valence-electron chi connectivity index (χ0n) is 62.2. The van der Waals surface area contributed by atoms with Crippen LogP contribution in [0, 0.1) is 0 Å². The van der Waals surface area contributed by atoms with Gasteiger partial charge in [0.1, 0.15) is 38.0 Å². The van der Waals surface area contributed by atoms with Crippen LogP contribution in [0.4, 0.5) is 0 Å². The standard InChI is InChI=1S/C38H44N6O14.C36H40N6O14/c1-25(45)4-5-30(48)40(17-2-3-26(46)23-57-27(21-43-35(53)10-11-36(43)54)14-18-41-31(49)6-7-32(41)50)20-16-39-29(47)24-58-28(22-44-37(55)12-13-38(44)56)15-19-42-33(51)8-9-34(42)52;1-23(43)4-5-28(46)38(15-2-3-24(44)21-55-25(17-39-29(47)6-7-30(39)48)18-40-31(49)8-9-32(40)50)16-14-37-27(45)22-56-26(19-41-33(51)10-11-34(41)52)20-42-35(53)12-13-36(42)54/h6-13,27-28H,2-5,14-24H2,1H3,(H,39,47);6-13,25-26H,2-5,14-22H2,1H3,(H,37,45). The van der Waals surface area contributed by atoms with E-state index in [0.29, 0.717) is 0 Å². The lowest BCUT2D eigenvalue weighted by Gasteiger charge is -2.26. The van der Waals surface area contributed by atoms with E-state index in [9.17, 15) is 115 Å². The third-order valence-corrected chi connectivity index (χ3v) is 18.0. The van der Waals surface area contributed by atoms with Crippen LogP contribution < -0.4 is 10.6 Å². The first-order valence-electron chi connectivity index (χ1n) is 36.1. The second-order valence-electron chi connectivity index (χ2n) is 26.5. The summed E-state index contributed by atoms with van der Waals surface area (Å²) in [6.45, 7) is -1.38. The van der Waals surface area contributed by atoms with Crippen LogP contribution in [0.1, 0.15) is 78.1 Å². The monoisotopic (exact) mass is 1590 g/mol. The maximum absolute atomic E-state index is 13.0. The predicted molar refractivity (Wildman–Crippen MR) is 383 cm³/mol. The van der Waals surface area contributed by atoms with Gasteiger partial charge in [0.25, 0.3) is 94.5 Å². The number of Topliss-reactive ketones (excluding diaryl/α,β-unsaturated/α-hetero) is 4. The van der Waals surface area contributed by atoms with Crippen molar-refractivity contribution in [2.75, 3.05) is 118 Å². The van der Waals surface area contributed by atoms with Gasteiger partial charge in [0.15, 0.2) is 11.6 Å². The fraction of sp³-hybridized carbons (Fsp3) is 0.459. The van der Waals surface area contributed by atoms with Gasteiger partial charge in [-0.25, -0.2) is 0 Å². The van der Waals surface area contributed by atoms with Crippen LogP contribution >= 0.6 is 0 Å². The average molecular weight is 1590 g/mol. The first kappa shape index (κ1) is 88.7. The molecule has 2 atom stereocenters. The number of imide groups is 8. The van der Waals surface area contributed by atoms with E-state index < -0.39 is 175 Å². The molecule has 2 N–H and O–H groups in total. The molecule has 40 heteroatoms. The van der Waals surface area contributed by atoms with Gasteiger partial charge in [-0.2, -0.15) is 0 Å². The van der Waals surface area contributed by atoms with E-state index in [1.807, 2.05) is 0 Å². The van der Waals surface area contributed by atoms with Crippen molar-refractivity contribution in [3.63, 3.8) is 0 Å². The summed E-state index contributed by atoms with van der Waals surface area (Å²) in [6.07, 6.45) is 13.2. The number of amides is 20. The molecule has 0 saturated carbocycles. The van der Waals surface area contributed by atoms with Crippen LogP contribution in [0.2, 0.25) is 0 Å². The fourth-order valence-corrected chi connectivity index (χ4v) is 11.8. The Labute approximate surface area is 650 Å². The van der Waals surface area contributed by atoms with Crippen molar-refractivity contribution in [1.29, 1.82) is 0 Å². The smallest absolute Gasteiger partial charge is 0.253 e. The highest BCUT2D eigenvalue weighted by molar-refractivity contribution is 6.17. The minimum Gasteiger partial charge on any atom is -0.369 e. The average Bonchev–Trinajstić information content (AvgIpc) is 1.71. The Morgan fingerprint density at radius 3 is 0.763 bits per heavy atom. The van der Waals surface area contributed by atoms with Crippen LogP contribution in [-0.2, 0) is 134 Å². The van der Waals surface area contributed by atoms with Crippen molar-refractivity contribution in [2.45, 2.75) is 102 Å². The van der Waals surface area contributed by atoms with Crippen molar-refractivity contribution < 1.29 is 134 Å². The Morgan fingerprint density at radius 1 is 0.289 bits per heavy atom. The van der Waals surface area contributed by atoms with Gasteiger partial charge in [0, 0.05) is 188 Å². The molecule has 0 aliphatic carbocycles. The first-order valence-corrected chi connectivity index (χ1v) is 36.1. The minimum atomic E-state index is -1.10. The molecule has 0 fully saturated rings. The molecule has 0 aromatic rings. The maximum Gasteiger partial charge on any atom is 0.253 e. The third kappa shape index (κ3) is 27.4. The summed E-state index contributed by atoms with van der Waals surface area (Å²) in [5.74, 6) is -12.8. The van der Waals surface area contributed by atoms with Crippen molar-refractivity contribution in [1.82, 2.24) is 59.6 Å². The summed E-state index contributed by atoms with van der Waals surface area (Å²) in [5, 5.41) is 5.18. The quantitative estimate of drug-likeness (QED) is 0.0539. The Kier molecular flexibility index (Phi) is 33.7. The number of ketones is 4. The highest BCUT2D eigenvalue weighted by Crippen LogP contribution is 2.18. The second kappa shape index (κ2) is 43.3. The van der Waals surface area contributed by atoms with Crippen LogP contribution in [0.3, 0.4) is 0 Å². The van der Waals surface area contributed by atoms with Crippen molar-refractivity contribution in [2.24, 2.45) is 0 Å². The van der Waals surface area contributed by atoms with Gasteiger partial charge >= 0.3 is 0 Å². The number of ether oxygens (including phenoxy) is 4. The van der Waals surface area contributed by atoms with Crippen LogP contribution in [0.25, 0.3) is 0 Å². The molecule has 8 aliphatic rings. The molecule has 20 amide bonds. The van der Waals surface area contributed by atoms with Gasteiger partial charge < -0.3 is 49.0 Å². The minimum absolute atomic E-state index is 0.00201. The highest BCUT2D eigenvalue weighted by atomic mass is 16.5. The molecule has 0 radical (unpaired) electrons. The summed E-state index contributed by atoms with van der Waals surface area (Å²) >= 11 is 0. The van der Waals surface area contributed by atoms with Crippen LogP contribution in [-0.4, -0.2) is 333 Å². The van der Waals surface area contributed by atoms with E-state index in [1.165, 1.54) is 23.6 Å². The summed E-state index contributed by atoms with van der Waals surface area (Å²) < 4.78 is 22.7. The molecule has 8 heterocycles. The number of nitrogens with one attached hydrogen (secondary N) is 2. The van der Waals surface area contributed by atoms with Gasteiger partial charge in [-0.3, -0.25) is 145 Å². The zero-order chi connectivity index (χ0) is 83.3. The fourth-order valence-electron chi connectivity index (χ4n) is 11.8. The van der Waals surface area contributed by atoms with Crippen molar-refractivity contribution >= 4 is 141 Å². The van der Waals surface area contributed by atoms with Crippen LogP contribution in [0.15, 0.2) is 97.2 Å². The second-order valence-corrected chi connectivity index (χ2v) is 26.5. The SMILES string of the molecule is CC(=O)CCC(=O)N(CCCC(=O)COC(CCN1C(=O)C=CC1=O)CN1C(=O)C=CC1=O)CCNC(=O)COC(CCN1C(=O)C=CC1=O)CN1C(=O)C=CC1=O.CC(=O)CCC(=O)N(CCCC(=O)COC(CN1C(=O)C=CC1=O)CN1C(=O)C=CC1=O)CCNC(=O)COC(CN1C(=O)C=CC1=O)CN1C(=O)C=CC1=O. The molecule has 0 aromatic heterocycles. The highest BCUT2D eigenvalue weighted by Gasteiger charge is 2.37. The molecule has 40 nitrogen and oxygen atoms in total. The zero-order valence-corrected chi connectivity index (χ0v) is 62.2. The Hall–Kier alpha value is -12.6. The third-order valence-electron chi connectivity index (χ3n) is 18.0. The normalized spacial score (nSPS) is 16.8. The van der Waals surface area contributed by atoms with Crippen LogP contribution in [0.5, 0.6) is 0 Å². The number of carbonyl (C=O) groups excluding carboxylic acids is 24. The number of rotatable bonds is 50. The Balaban J connectivity index is 0.000000316. The summed E-state index contributed by atoms with van der Waals surface area (Å²) in [4.78, 5) is 303. The lowest BCUT2D eigenvalue weighted by Crippen LogP contribution is -2.47. The summed E-state index contributed by atoms with van der Waals surface area (Å²) in [5.41, 5.74) is 0. The summed E-state index contributed by atoms with van der Waals surface area (Å²) in [6, 6.07) is 0. The van der Waals surface area contributed by atoms with Crippen molar-refractivity contribution in [3.05, 3.63) is 97.2 Å². The first-order chi connectivity index (χ1) is 54.2. The van der Waals surface area contributed by atoms with E-state index in [4.69, 9.17) is 18.9 Å². The molecular weight excluding hydrogens is 1500 g/mol. The van der Waals surface area contributed by atoms with Gasteiger partial charge in [-0.1, -0.05) is 0 Å². The maximum atomic E-state index is 13.0. The molecule has 8 aliphatic heterocycles. The predicted octanol–water partition coefficient (Wildman–Crippen LogP) is -4.98. The van der Waals surface area contributed by atoms with E-state index in [2.05, 4.69) is 10.6 Å². The molecule has 0 spiro atoms. The van der Waals surface area contributed by atoms with E-state index in [-0.39, 0.29) is 173 Å². The van der Waals surface area contributed by atoms with E-state index in [0.717, 1.165) is 136 Å². The Bertz CT molecular complexity index is 3720. The largest absolute Gasteiger partial charge is 0.369 e. The molecule has 8 rings (SSSR count). The lowest BCUT2D eigenvalue weighted by molar-refractivity contribution is -0.145. The number of hydrogen-bond donors (Lipinski definition) is 2. The number of hydrogen-bond acceptors (Lipinski definition) is 28. The van der Waals surface area contributed by atoms with Gasteiger partial charge in [0.05, 0.1) is 63.7 Å². The van der Waals surface area contributed by atoms with E-state index >= 15 is 0 Å². The lowest BCUT2D eigenvalue weighted by atomic mass is 10.2. The molecule has 0 saturated heterocycles. The molecule has 0 aromatic carbocycles. The number of carbonyl (C=O) groups is 24. The van der Waals surface area contributed by atoms with Gasteiger partial charge in [0.2, 0.25) is 23.6 Å². The van der Waals surface area contributed by atoms with Gasteiger partial charge in [-0.15, -0.1) is 0 Å². The molecule has 0 bridgehead atoms. The number of nitrogens with zero attached hydrogens (tertiary/aromatic N) is 10. The molecule has 114 heavy (non-hydrogen) atoms. The summed E-state index contributed by atoms with van der Waals surface area (Å²) in [7, 11) is 0. The Morgan fingerprint density at radius 2 is 0.509 bits per heavy atom. The molecular formula is C74H84N12O28. The van der Waals surface area contributed by atoms with Gasteiger partial charge in [-0.05, 0) is 39.5 Å². The topological polar surface area (TPSA) is 503 Å². The van der Waals surface area contributed by atoms with E-state index in [1.54, 1.807) is 0 Å². The molecule has 608 valence electrons. The molecule has 2 unspecified atom stereocenters. The van der Waals surface area contributed by atoms with Crippen molar-refractivity contribution in [3.8, 4) is 0 Å².